The molecule has 0 saturated carbocycles. The van der Waals surface area contributed by atoms with Gasteiger partial charge < -0.3 is 14.3 Å². The highest BCUT2D eigenvalue weighted by molar-refractivity contribution is 5.97. The van der Waals surface area contributed by atoms with Gasteiger partial charge in [0.15, 0.2) is 5.78 Å². The summed E-state index contributed by atoms with van der Waals surface area (Å²) in [5, 5.41) is 1.94. The molecule has 0 radical (unpaired) electrons. The molecular weight excluding hydrogens is 452 g/mol. The number of esters is 1. The number of unbranched alkanes of at least 4 members (excludes halogenated alkanes) is 7. The number of Topliss-reactive ketones (excluding diaryl/α,β-unsaturated/α-hetero) is 2. The summed E-state index contributed by atoms with van der Waals surface area (Å²) in [6.45, 7) is 3.85. The van der Waals surface area contributed by atoms with Crippen molar-refractivity contribution in [3.05, 3.63) is 71.8 Å². The van der Waals surface area contributed by atoms with E-state index in [2.05, 4.69) is 0 Å². The summed E-state index contributed by atoms with van der Waals surface area (Å²) in [6.07, 6.45) is 10.0. The first-order valence-corrected chi connectivity index (χ1v) is 12.9. The van der Waals surface area contributed by atoms with Crippen LogP contribution in [0.3, 0.4) is 0 Å². The molecule has 0 atom stereocenters. The van der Waals surface area contributed by atoms with Crippen molar-refractivity contribution in [2.45, 2.75) is 71.6 Å². The van der Waals surface area contributed by atoms with Crippen molar-refractivity contribution < 1.29 is 23.9 Å². The third kappa shape index (κ3) is 8.95. The monoisotopic (exact) mass is 488 g/mol. The topological polar surface area (TPSA) is 69.7 Å². The van der Waals surface area contributed by atoms with Crippen molar-refractivity contribution in [3.8, 4) is 11.5 Å². The van der Waals surface area contributed by atoms with Crippen LogP contribution in [0.15, 0.2) is 60.7 Å². The van der Waals surface area contributed by atoms with Gasteiger partial charge >= 0.3 is 5.97 Å². The smallest absolute Gasteiger partial charge is 0.343 e. The Bertz CT molecular complexity index is 1160. The molecule has 0 unspecified atom stereocenters. The summed E-state index contributed by atoms with van der Waals surface area (Å²) < 4.78 is 11.4. The molecule has 0 bridgehead atoms. The average Bonchev–Trinajstić information content (AvgIpc) is 2.87. The van der Waals surface area contributed by atoms with Gasteiger partial charge in [-0.25, -0.2) is 4.79 Å². The molecule has 0 N–H and O–H groups in total. The van der Waals surface area contributed by atoms with Crippen LogP contribution in [0.4, 0.5) is 0 Å². The summed E-state index contributed by atoms with van der Waals surface area (Å²) in [6, 6.07) is 17.9. The van der Waals surface area contributed by atoms with Gasteiger partial charge in [0.25, 0.3) is 0 Å². The van der Waals surface area contributed by atoms with Gasteiger partial charge in [-0.2, -0.15) is 0 Å². The van der Waals surface area contributed by atoms with Gasteiger partial charge in [0.1, 0.15) is 17.3 Å². The van der Waals surface area contributed by atoms with E-state index >= 15 is 0 Å². The minimum atomic E-state index is -0.441. The van der Waals surface area contributed by atoms with Crippen molar-refractivity contribution in [1.29, 1.82) is 0 Å². The fourth-order valence-corrected chi connectivity index (χ4v) is 4.09. The Morgan fingerprint density at radius 2 is 1.17 bits per heavy atom. The van der Waals surface area contributed by atoms with Gasteiger partial charge in [-0.05, 0) is 86.0 Å². The van der Waals surface area contributed by atoms with Crippen molar-refractivity contribution in [3.63, 3.8) is 0 Å². The normalized spacial score (nSPS) is 10.8. The number of ketones is 2. The van der Waals surface area contributed by atoms with E-state index in [1.807, 2.05) is 30.3 Å². The number of ether oxygens (including phenoxy) is 2. The van der Waals surface area contributed by atoms with E-state index in [-0.39, 0.29) is 5.78 Å². The Kier molecular flexibility index (Phi) is 10.7. The van der Waals surface area contributed by atoms with Crippen LogP contribution < -0.4 is 9.47 Å². The number of carbonyl (C=O) groups is 3. The molecular formula is C31H36O5. The molecule has 0 fully saturated rings. The molecule has 3 rings (SSSR count). The van der Waals surface area contributed by atoms with Crippen molar-refractivity contribution in [2.24, 2.45) is 0 Å². The number of carbonyl (C=O) groups excluding carboxylic acids is 3. The SMILES string of the molecule is CC(=O)CCCCCCCCCCOc1ccc2cc(C(=O)Oc3ccc(C(C)=O)cc3)ccc2c1. The molecule has 5 nitrogen and oxygen atoms in total. The minimum Gasteiger partial charge on any atom is -0.494 e. The highest BCUT2D eigenvalue weighted by Crippen LogP contribution is 2.23. The first-order valence-electron chi connectivity index (χ1n) is 12.9. The Morgan fingerprint density at radius 1 is 0.611 bits per heavy atom. The Balaban J connectivity index is 1.39. The molecule has 0 heterocycles. The lowest BCUT2D eigenvalue weighted by Crippen LogP contribution is -2.08. The maximum atomic E-state index is 12.6. The predicted molar refractivity (Wildman–Crippen MR) is 143 cm³/mol. The van der Waals surface area contributed by atoms with Gasteiger partial charge in [0.05, 0.1) is 12.2 Å². The molecule has 190 valence electrons. The lowest BCUT2D eigenvalue weighted by Gasteiger charge is -2.09. The predicted octanol–water partition coefficient (Wildman–Crippen LogP) is 7.74. The van der Waals surface area contributed by atoms with E-state index < -0.39 is 5.97 Å². The maximum Gasteiger partial charge on any atom is 0.343 e. The molecule has 0 saturated heterocycles. The molecule has 0 aliphatic heterocycles. The number of hydrogen-bond donors (Lipinski definition) is 0. The van der Waals surface area contributed by atoms with Crippen molar-refractivity contribution in [1.82, 2.24) is 0 Å². The van der Waals surface area contributed by atoms with E-state index in [0.717, 1.165) is 48.6 Å². The zero-order valence-electron chi connectivity index (χ0n) is 21.4. The molecule has 36 heavy (non-hydrogen) atoms. The third-order valence-electron chi connectivity index (χ3n) is 6.21. The Hall–Kier alpha value is -3.47. The first-order chi connectivity index (χ1) is 17.4. The van der Waals surface area contributed by atoms with Crippen LogP contribution in [0.25, 0.3) is 10.8 Å². The second kappa shape index (κ2) is 14.2. The highest BCUT2D eigenvalue weighted by Gasteiger charge is 2.10. The summed E-state index contributed by atoms with van der Waals surface area (Å²) in [5.74, 6) is 1.05. The summed E-state index contributed by atoms with van der Waals surface area (Å²) in [5.41, 5.74) is 1.04. The van der Waals surface area contributed by atoms with Crippen LogP contribution >= 0.6 is 0 Å². The number of rotatable bonds is 15. The molecule has 0 spiro atoms. The van der Waals surface area contributed by atoms with Gasteiger partial charge in [-0.3, -0.25) is 4.79 Å². The third-order valence-corrected chi connectivity index (χ3v) is 6.21. The Labute approximate surface area is 213 Å². The first kappa shape index (κ1) is 27.1. The van der Waals surface area contributed by atoms with Crippen molar-refractivity contribution in [2.75, 3.05) is 6.61 Å². The quantitative estimate of drug-likeness (QED) is 0.0947. The van der Waals surface area contributed by atoms with Crippen LogP contribution in [0.5, 0.6) is 11.5 Å². The van der Waals surface area contributed by atoms with E-state index in [0.29, 0.717) is 29.3 Å². The van der Waals surface area contributed by atoms with Gasteiger partial charge in [-0.15, -0.1) is 0 Å². The maximum absolute atomic E-state index is 12.6. The van der Waals surface area contributed by atoms with Crippen LogP contribution in [-0.4, -0.2) is 24.1 Å². The fourth-order valence-electron chi connectivity index (χ4n) is 4.09. The molecule has 0 aromatic heterocycles. The number of hydrogen-bond acceptors (Lipinski definition) is 5. The summed E-state index contributed by atoms with van der Waals surface area (Å²) in [4.78, 5) is 34.9. The second-order valence-electron chi connectivity index (χ2n) is 9.32. The molecule has 0 aliphatic rings. The summed E-state index contributed by atoms with van der Waals surface area (Å²) >= 11 is 0. The second-order valence-corrected chi connectivity index (χ2v) is 9.32. The van der Waals surface area contributed by atoms with Crippen LogP contribution in [0.1, 0.15) is 92.4 Å². The van der Waals surface area contributed by atoms with Crippen LogP contribution in [0.2, 0.25) is 0 Å². The lowest BCUT2D eigenvalue weighted by molar-refractivity contribution is -0.117. The van der Waals surface area contributed by atoms with E-state index in [1.165, 1.54) is 32.6 Å². The molecule has 0 amide bonds. The van der Waals surface area contributed by atoms with Crippen LogP contribution in [-0.2, 0) is 4.79 Å². The number of fused-ring (bicyclic) bond motifs is 1. The standard InChI is InChI=1S/C31H36O5/c1-23(32)11-9-7-5-3-4-6-8-10-20-35-30-19-16-26-21-28(13-12-27(26)22-30)31(34)36-29-17-14-25(15-18-29)24(2)33/h12-19,21-22H,3-11,20H2,1-2H3. The Morgan fingerprint density at radius 3 is 1.83 bits per heavy atom. The highest BCUT2D eigenvalue weighted by atomic mass is 16.5. The molecule has 3 aromatic rings. The zero-order valence-corrected chi connectivity index (χ0v) is 21.4. The zero-order chi connectivity index (χ0) is 25.8. The van der Waals surface area contributed by atoms with Crippen LogP contribution in [0, 0.1) is 0 Å². The molecule has 3 aromatic carbocycles. The van der Waals surface area contributed by atoms with E-state index in [4.69, 9.17) is 9.47 Å². The average molecular weight is 489 g/mol. The van der Waals surface area contributed by atoms with E-state index in [9.17, 15) is 14.4 Å². The fraction of sp³-hybridized carbons (Fsp3) is 0.387. The largest absolute Gasteiger partial charge is 0.494 e. The van der Waals surface area contributed by atoms with Gasteiger partial charge in [0, 0.05) is 12.0 Å². The molecule has 5 heteroatoms. The van der Waals surface area contributed by atoms with Gasteiger partial charge in [0.2, 0.25) is 0 Å². The lowest BCUT2D eigenvalue weighted by atomic mass is 10.1. The minimum absolute atomic E-state index is 0.0320. The summed E-state index contributed by atoms with van der Waals surface area (Å²) in [7, 11) is 0. The molecule has 0 aliphatic carbocycles. The number of benzene rings is 3. The van der Waals surface area contributed by atoms with E-state index in [1.54, 1.807) is 37.3 Å². The van der Waals surface area contributed by atoms with Gasteiger partial charge in [-0.1, -0.05) is 50.7 Å². The van der Waals surface area contributed by atoms with Crippen molar-refractivity contribution >= 4 is 28.3 Å².